The number of carbonyl (C=O) groups is 1. The highest BCUT2D eigenvalue weighted by Crippen LogP contribution is 2.14. The molecule has 3 rings (SSSR count). The fraction of sp³-hybridized carbons (Fsp3) is 0.375. The van der Waals surface area contributed by atoms with Crippen LogP contribution < -0.4 is 5.32 Å². The van der Waals surface area contributed by atoms with Gasteiger partial charge in [0.05, 0.1) is 11.8 Å². The maximum absolute atomic E-state index is 12.0. The quantitative estimate of drug-likeness (QED) is 0.916. The number of hydrogen-bond donors (Lipinski definition) is 1. The Balaban J connectivity index is 1.52. The molecule has 5 nitrogen and oxygen atoms in total. The number of nitrogens with one attached hydrogen (secondary N) is 1. The van der Waals surface area contributed by atoms with Gasteiger partial charge in [0.2, 0.25) is 0 Å². The predicted octanol–water partition coefficient (Wildman–Crippen LogP) is 2.17. The van der Waals surface area contributed by atoms with E-state index < -0.39 is 0 Å². The van der Waals surface area contributed by atoms with Gasteiger partial charge in [0.1, 0.15) is 0 Å². The summed E-state index contributed by atoms with van der Waals surface area (Å²) in [4.78, 5) is 12.0. The predicted molar refractivity (Wildman–Crippen MR) is 79.5 cm³/mol. The molecule has 21 heavy (non-hydrogen) atoms. The van der Waals surface area contributed by atoms with E-state index in [-0.39, 0.29) is 5.91 Å². The van der Waals surface area contributed by atoms with Crippen molar-refractivity contribution in [2.75, 3.05) is 13.2 Å². The molecule has 2 aromatic rings. The van der Waals surface area contributed by atoms with Crippen LogP contribution >= 0.6 is 0 Å². The molecular formula is C16H19N3O2. The molecular weight excluding hydrogens is 266 g/mol. The van der Waals surface area contributed by atoms with Gasteiger partial charge in [-0.25, -0.2) is 4.68 Å². The van der Waals surface area contributed by atoms with E-state index in [1.807, 2.05) is 36.5 Å². The van der Waals surface area contributed by atoms with Gasteiger partial charge in [-0.2, -0.15) is 5.10 Å². The minimum absolute atomic E-state index is 0.0417. The molecule has 0 radical (unpaired) electrons. The molecule has 5 heteroatoms. The summed E-state index contributed by atoms with van der Waals surface area (Å²) in [5.41, 5.74) is 1.61. The third kappa shape index (κ3) is 3.49. The molecule has 1 N–H and O–H groups in total. The van der Waals surface area contributed by atoms with Gasteiger partial charge in [0.25, 0.3) is 5.91 Å². The zero-order valence-corrected chi connectivity index (χ0v) is 11.9. The lowest BCUT2D eigenvalue weighted by atomic mass is 10.1. The Morgan fingerprint density at radius 2 is 2.24 bits per heavy atom. The minimum atomic E-state index is -0.0417. The molecule has 110 valence electrons. The average Bonchev–Trinajstić information content (AvgIpc) is 3.21. The monoisotopic (exact) mass is 285 g/mol. The van der Waals surface area contributed by atoms with Gasteiger partial charge < -0.3 is 10.1 Å². The van der Waals surface area contributed by atoms with Crippen LogP contribution in [0.15, 0.2) is 42.7 Å². The number of rotatable bonds is 5. The van der Waals surface area contributed by atoms with E-state index in [9.17, 15) is 4.79 Å². The van der Waals surface area contributed by atoms with Crippen LogP contribution in [0.3, 0.4) is 0 Å². The van der Waals surface area contributed by atoms with E-state index >= 15 is 0 Å². The second-order valence-electron chi connectivity index (χ2n) is 5.18. The third-order valence-electron chi connectivity index (χ3n) is 3.67. The van der Waals surface area contributed by atoms with E-state index in [1.165, 1.54) is 0 Å². The van der Waals surface area contributed by atoms with Gasteiger partial charge in [-0.3, -0.25) is 4.79 Å². The van der Waals surface area contributed by atoms with Crippen molar-refractivity contribution in [3.8, 4) is 5.69 Å². The summed E-state index contributed by atoms with van der Waals surface area (Å²) in [5.74, 6) is -0.0417. The van der Waals surface area contributed by atoms with Crippen molar-refractivity contribution in [1.29, 1.82) is 0 Å². The van der Waals surface area contributed by atoms with Crippen LogP contribution in [0.5, 0.6) is 0 Å². The largest absolute Gasteiger partial charge is 0.378 e. The highest BCUT2D eigenvalue weighted by Gasteiger charge is 2.15. The first-order valence-corrected chi connectivity index (χ1v) is 7.33. The molecule has 0 spiro atoms. The van der Waals surface area contributed by atoms with Crippen LogP contribution in [0.1, 0.15) is 29.6 Å². The average molecular weight is 285 g/mol. The smallest absolute Gasteiger partial charge is 0.251 e. The summed E-state index contributed by atoms with van der Waals surface area (Å²) in [6.07, 6.45) is 7.04. The highest BCUT2D eigenvalue weighted by atomic mass is 16.5. The topological polar surface area (TPSA) is 56.1 Å². The molecule has 2 heterocycles. The van der Waals surface area contributed by atoms with Crippen molar-refractivity contribution in [3.63, 3.8) is 0 Å². The van der Waals surface area contributed by atoms with Crippen molar-refractivity contribution >= 4 is 5.91 Å². The van der Waals surface area contributed by atoms with Crippen LogP contribution in [0.25, 0.3) is 5.69 Å². The lowest BCUT2D eigenvalue weighted by molar-refractivity contribution is 0.0907. The van der Waals surface area contributed by atoms with Crippen molar-refractivity contribution in [1.82, 2.24) is 15.1 Å². The summed E-state index contributed by atoms with van der Waals surface area (Å²) in [6.45, 7) is 1.51. The van der Waals surface area contributed by atoms with Crippen LogP contribution in [0.2, 0.25) is 0 Å². The molecule has 1 saturated heterocycles. The lowest BCUT2D eigenvalue weighted by Gasteiger charge is -2.10. The van der Waals surface area contributed by atoms with Gasteiger partial charge in [0, 0.05) is 31.1 Å². The zero-order valence-electron chi connectivity index (χ0n) is 11.9. The van der Waals surface area contributed by atoms with Crippen molar-refractivity contribution < 1.29 is 9.53 Å². The van der Waals surface area contributed by atoms with E-state index in [0.29, 0.717) is 18.2 Å². The van der Waals surface area contributed by atoms with Crippen molar-refractivity contribution in [3.05, 3.63) is 48.3 Å². The number of benzene rings is 1. The number of nitrogens with zero attached hydrogens (tertiary/aromatic N) is 2. The van der Waals surface area contributed by atoms with Gasteiger partial charge in [-0.1, -0.05) is 0 Å². The third-order valence-corrected chi connectivity index (χ3v) is 3.67. The number of hydrogen-bond acceptors (Lipinski definition) is 3. The Hall–Kier alpha value is -2.14. The van der Waals surface area contributed by atoms with Crippen molar-refractivity contribution in [2.45, 2.75) is 25.4 Å². The van der Waals surface area contributed by atoms with Gasteiger partial charge in [-0.15, -0.1) is 0 Å². The molecule has 0 bridgehead atoms. The molecule has 0 aliphatic carbocycles. The van der Waals surface area contributed by atoms with E-state index in [0.717, 1.165) is 31.6 Å². The van der Waals surface area contributed by atoms with Crippen molar-refractivity contribution in [2.24, 2.45) is 0 Å². The second kappa shape index (κ2) is 6.54. The van der Waals surface area contributed by atoms with Gasteiger partial charge in [0.15, 0.2) is 0 Å². The van der Waals surface area contributed by atoms with Crippen LogP contribution in [-0.4, -0.2) is 34.9 Å². The standard InChI is InChI=1S/C16H19N3O2/c20-16(17-10-8-15-3-1-12-21-15)13-4-6-14(7-5-13)19-11-2-9-18-19/h2,4-7,9,11,15H,1,3,8,10,12H2,(H,17,20)/t15-/m1/s1. The molecule has 0 saturated carbocycles. The highest BCUT2D eigenvalue weighted by molar-refractivity contribution is 5.94. The first kappa shape index (κ1) is 13.8. The maximum Gasteiger partial charge on any atom is 0.251 e. The summed E-state index contributed by atoms with van der Waals surface area (Å²) in [5, 5.41) is 7.10. The second-order valence-corrected chi connectivity index (χ2v) is 5.18. The Kier molecular flexibility index (Phi) is 4.31. The SMILES string of the molecule is O=C(NCC[C@H]1CCCO1)c1ccc(-n2cccn2)cc1. The molecule has 0 unspecified atom stereocenters. The number of carbonyl (C=O) groups excluding carboxylic acids is 1. The first-order valence-electron chi connectivity index (χ1n) is 7.33. The Bertz CT molecular complexity index is 572. The van der Waals surface area contributed by atoms with Crippen LogP contribution in [0, 0.1) is 0 Å². The Morgan fingerprint density at radius 3 is 2.90 bits per heavy atom. The summed E-state index contributed by atoms with van der Waals surface area (Å²) < 4.78 is 7.30. The first-order chi connectivity index (χ1) is 10.3. The molecule has 1 aromatic carbocycles. The molecule has 1 aliphatic rings. The van der Waals surface area contributed by atoms with Gasteiger partial charge >= 0.3 is 0 Å². The fourth-order valence-corrected chi connectivity index (χ4v) is 2.51. The fourth-order valence-electron chi connectivity index (χ4n) is 2.51. The van der Waals surface area contributed by atoms with Crippen LogP contribution in [-0.2, 0) is 4.74 Å². The lowest BCUT2D eigenvalue weighted by Crippen LogP contribution is -2.27. The Morgan fingerprint density at radius 1 is 1.38 bits per heavy atom. The molecule has 1 aliphatic heterocycles. The van der Waals surface area contributed by atoms with E-state index in [4.69, 9.17) is 4.74 Å². The van der Waals surface area contributed by atoms with E-state index in [2.05, 4.69) is 10.4 Å². The Labute approximate surface area is 123 Å². The van der Waals surface area contributed by atoms with E-state index in [1.54, 1.807) is 10.9 Å². The molecule has 1 amide bonds. The summed E-state index contributed by atoms with van der Waals surface area (Å²) in [7, 11) is 0. The zero-order chi connectivity index (χ0) is 14.5. The molecule has 1 fully saturated rings. The normalized spacial score (nSPS) is 17.8. The number of ether oxygens (including phenoxy) is 1. The molecule has 1 aromatic heterocycles. The number of aromatic nitrogens is 2. The molecule has 1 atom stereocenters. The minimum Gasteiger partial charge on any atom is -0.378 e. The maximum atomic E-state index is 12.0. The summed E-state index contributed by atoms with van der Waals surface area (Å²) >= 11 is 0. The summed E-state index contributed by atoms with van der Waals surface area (Å²) in [6, 6.07) is 9.28. The van der Waals surface area contributed by atoms with Crippen LogP contribution in [0.4, 0.5) is 0 Å². The number of amides is 1. The van der Waals surface area contributed by atoms with Gasteiger partial charge in [-0.05, 0) is 49.6 Å².